The number of ether oxygens (including phenoxy) is 2. The van der Waals surface area contributed by atoms with Crippen molar-refractivity contribution in [3.05, 3.63) is 64.9 Å². The van der Waals surface area contributed by atoms with E-state index < -0.39 is 0 Å². The first-order chi connectivity index (χ1) is 15.1. The van der Waals surface area contributed by atoms with Gasteiger partial charge in [0.15, 0.2) is 16.7 Å². The molecule has 4 aromatic rings. The summed E-state index contributed by atoms with van der Waals surface area (Å²) in [5, 5.41) is 12.6. The van der Waals surface area contributed by atoms with Gasteiger partial charge in [-0.1, -0.05) is 30.0 Å². The molecule has 6 nitrogen and oxygen atoms in total. The molecule has 8 heteroatoms. The van der Waals surface area contributed by atoms with Gasteiger partial charge in [0.2, 0.25) is 0 Å². The first kappa shape index (κ1) is 21.4. The average molecular weight is 453 g/mol. The number of hydrogen-bond donors (Lipinski definition) is 0. The van der Waals surface area contributed by atoms with Crippen LogP contribution in [0.5, 0.6) is 11.5 Å². The van der Waals surface area contributed by atoms with Crippen LogP contribution in [0.1, 0.15) is 24.0 Å². The van der Waals surface area contributed by atoms with Crippen molar-refractivity contribution >= 4 is 23.1 Å². The van der Waals surface area contributed by atoms with Crippen molar-refractivity contribution in [1.82, 2.24) is 19.7 Å². The van der Waals surface area contributed by atoms with Crippen LogP contribution in [0.2, 0.25) is 0 Å². The van der Waals surface area contributed by atoms with Gasteiger partial charge in [-0.2, -0.15) is 0 Å². The minimum atomic E-state index is 0.598. The minimum absolute atomic E-state index is 0.598. The maximum absolute atomic E-state index is 5.61. The second-order valence-corrected chi connectivity index (χ2v) is 8.68. The molecule has 31 heavy (non-hydrogen) atoms. The summed E-state index contributed by atoms with van der Waals surface area (Å²) in [6.07, 6.45) is 0. The van der Waals surface area contributed by atoms with E-state index in [-0.39, 0.29) is 0 Å². The van der Waals surface area contributed by atoms with Gasteiger partial charge >= 0.3 is 0 Å². The Morgan fingerprint density at radius 2 is 1.90 bits per heavy atom. The second kappa shape index (κ2) is 9.53. The van der Waals surface area contributed by atoms with Gasteiger partial charge in [-0.05, 0) is 50.6 Å². The van der Waals surface area contributed by atoms with Gasteiger partial charge < -0.3 is 9.47 Å². The van der Waals surface area contributed by atoms with Crippen molar-refractivity contribution in [1.29, 1.82) is 0 Å². The van der Waals surface area contributed by atoms with Crippen molar-refractivity contribution in [2.45, 2.75) is 31.7 Å². The lowest BCUT2D eigenvalue weighted by molar-refractivity contribution is 0.311. The smallest absolute Gasteiger partial charge is 0.196 e. The SMILES string of the molecule is CCOc1ccc(-c2nc(CSc3nnc(C)n3-c3ccccc3C)cs2)cc1OC. The van der Waals surface area contributed by atoms with Crippen LogP contribution >= 0.6 is 23.1 Å². The fraction of sp³-hybridized carbons (Fsp3) is 0.261. The van der Waals surface area contributed by atoms with E-state index in [1.807, 2.05) is 44.2 Å². The van der Waals surface area contributed by atoms with Crippen LogP contribution in [-0.2, 0) is 5.75 Å². The van der Waals surface area contributed by atoms with E-state index in [1.165, 1.54) is 5.56 Å². The monoisotopic (exact) mass is 452 g/mol. The predicted octanol–water partition coefficient (Wildman–Crippen LogP) is 5.71. The molecule has 2 heterocycles. The number of aryl methyl sites for hydroxylation is 2. The van der Waals surface area contributed by atoms with Crippen LogP contribution in [0.15, 0.2) is 53.0 Å². The number of rotatable bonds is 8. The summed E-state index contributed by atoms with van der Waals surface area (Å²) in [5.74, 6) is 3.05. The van der Waals surface area contributed by atoms with Crippen molar-refractivity contribution in [3.63, 3.8) is 0 Å². The number of benzene rings is 2. The van der Waals surface area contributed by atoms with Crippen molar-refractivity contribution in [2.24, 2.45) is 0 Å². The Balaban J connectivity index is 1.52. The molecule has 0 saturated carbocycles. The largest absolute Gasteiger partial charge is 0.493 e. The van der Waals surface area contributed by atoms with Crippen molar-refractivity contribution < 1.29 is 9.47 Å². The third kappa shape index (κ3) is 4.60. The molecule has 0 N–H and O–H groups in total. The van der Waals surface area contributed by atoms with Gasteiger partial charge in [0.1, 0.15) is 10.8 Å². The van der Waals surface area contributed by atoms with Gasteiger partial charge in [-0.3, -0.25) is 4.57 Å². The zero-order valence-electron chi connectivity index (χ0n) is 18.0. The fourth-order valence-electron chi connectivity index (χ4n) is 3.25. The summed E-state index contributed by atoms with van der Waals surface area (Å²) < 4.78 is 13.2. The molecule has 0 fully saturated rings. The summed E-state index contributed by atoms with van der Waals surface area (Å²) in [5.41, 5.74) is 4.32. The summed E-state index contributed by atoms with van der Waals surface area (Å²) in [7, 11) is 1.65. The molecule has 160 valence electrons. The van der Waals surface area contributed by atoms with Crippen LogP contribution in [0.25, 0.3) is 16.3 Å². The number of nitrogens with zero attached hydrogens (tertiary/aromatic N) is 4. The third-order valence-electron chi connectivity index (χ3n) is 4.76. The molecule has 0 atom stereocenters. The van der Waals surface area contributed by atoms with E-state index in [0.29, 0.717) is 18.1 Å². The van der Waals surface area contributed by atoms with E-state index in [4.69, 9.17) is 14.5 Å². The van der Waals surface area contributed by atoms with E-state index in [2.05, 4.69) is 39.2 Å². The maximum atomic E-state index is 5.61. The topological polar surface area (TPSA) is 62.1 Å². The zero-order valence-corrected chi connectivity index (χ0v) is 19.6. The van der Waals surface area contributed by atoms with E-state index in [1.54, 1.807) is 30.2 Å². The lowest BCUT2D eigenvalue weighted by Crippen LogP contribution is -2.01. The molecular formula is C23H24N4O2S2. The number of hydrogen-bond acceptors (Lipinski definition) is 7. The molecular weight excluding hydrogens is 428 g/mol. The van der Waals surface area contributed by atoms with Crippen LogP contribution in [0.3, 0.4) is 0 Å². The zero-order chi connectivity index (χ0) is 21.8. The molecule has 0 aliphatic carbocycles. The van der Waals surface area contributed by atoms with Gasteiger partial charge in [-0.25, -0.2) is 4.98 Å². The van der Waals surface area contributed by atoms with Crippen LogP contribution in [0, 0.1) is 13.8 Å². The Morgan fingerprint density at radius 1 is 1.06 bits per heavy atom. The highest BCUT2D eigenvalue weighted by Crippen LogP contribution is 2.35. The molecule has 0 bridgehead atoms. The summed E-state index contributed by atoms with van der Waals surface area (Å²) in [6, 6.07) is 14.2. The van der Waals surface area contributed by atoms with Gasteiger partial charge in [0.25, 0.3) is 0 Å². The van der Waals surface area contributed by atoms with Crippen molar-refractivity contribution in [2.75, 3.05) is 13.7 Å². The Bertz CT molecular complexity index is 1190. The molecule has 2 aromatic carbocycles. The lowest BCUT2D eigenvalue weighted by Gasteiger charge is -2.10. The maximum Gasteiger partial charge on any atom is 0.196 e. The first-order valence-corrected chi connectivity index (χ1v) is 11.8. The Kier molecular flexibility index (Phi) is 6.58. The number of para-hydroxylation sites is 1. The predicted molar refractivity (Wildman–Crippen MR) is 126 cm³/mol. The number of thioether (sulfide) groups is 1. The standard InChI is InChI=1S/C23H24N4O2S2/c1-5-29-20-11-10-17(12-21(20)28-4)22-24-18(13-30-22)14-31-23-26-25-16(3)27(23)19-9-7-6-8-15(19)2/h6-13H,5,14H2,1-4H3. The molecule has 0 spiro atoms. The fourth-order valence-corrected chi connectivity index (χ4v) is 5.05. The van der Waals surface area contributed by atoms with Gasteiger partial charge in [-0.15, -0.1) is 21.5 Å². The van der Waals surface area contributed by atoms with E-state index >= 15 is 0 Å². The normalized spacial score (nSPS) is 11.0. The molecule has 0 radical (unpaired) electrons. The summed E-state index contributed by atoms with van der Waals surface area (Å²) >= 11 is 3.26. The second-order valence-electron chi connectivity index (χ2n) is 6.88. The van der Waals surface area contributed by atoms with Gasteiger partial charge in [0, 0.05) is 16.7 Å². The Morgan fingerprint density at radius 3 is 2.68 bits per heavy atom. The summed E-state index contributed by atoms with van der Waals surface area (Å²) in [6.45, 7) is 6.63. The molecule has 0 amide bonds. The van der Waals surface area contributed by atoms with Crippen molar-refractivity contribution in [3.8, 4) is 27.8 Å². The minimum Gasteiger partial charge on any atom is -0.493 e. The third-order valence-corrected chi connectivity index (χ3v) is 6.67. The highest BCUT2D eigenvalue weighted by Gasteiger charge is 2.15. The highest BCUT2D eigenvalue weighted by molar-refractivity contribution is 7.98. The quantitative estimate of drug-likeness (QED) is 0.319. The van der Waals surface area contributed by atoms with Crippen LogP contribution < -0.4 is 9.47 Å². The number of thiazole rings is 1. The number of aromatic nitrogens is 4. The van der Waals surface area contributed by atoms with E-state index in [9.17, 15) is 0 Å². The average Bonchev–Trinajstić information content (AvgIpc) is 3.40. The molecule has 0 saturated heterocycles. The van der Waals surface area contributed by atoms with Crippen LogP contribution in [0.4, 0.5) is 0 Å². The van der Waals surface area contributed by atoms with Gasteiger partial charge in [0.05, 0.1) is 25.1 Å². The molecule has 0 aliphatic rings. The molecule has 4 rings (SSSR count). The number of methoxy groups -OCH3 is 1. The molecule has 2 aromatic heterocycles. The van der Waals surface area contributed by atoms with Crippen LogP contribution in [-0.4, -0.2) is 33.5 Å². The van der Waals surface area contributed by atoms with E-state index in [0.717, 1.165) is 38.7 Å². The Labute approximate surface area is 190 Å². The first-order valence-electron chi connectivity index (χ1n) is 9.97. The lowest BCUT2D eigenvalue weighted by atomic mass is 10.2. The Hall–Kier alpha value is -2.84. The molecule has 0 aliphatic heterocycles. The highest BCUT2D eigenvalue weighted by atomic mass is 32.2. The molecule has 0 unspecified atom stereocenters. The summed E-state index contributed by atoms with van der Waals surface area (Å²) in [4.78, 5) is 4.82.